The summed E-state index contributed by atoms with van der Waals surface area (Å²) in [6, 6.07) is 21.3. The first kappa shape index (κ1) is 17.2. The van der Waals surface area contributed by atoms with E-state index in [1.165, 1.54) is 0 Å². The third-order valence-corrected chi connectivity index (χ3v) is 5.17. The minimum absolute atomic E-state index is 0.452. The predicted octanol–water partition coefficient (Wildman–Crippen LogP) is 4.49. The largest absolute Gasteiger partial charge is 0.497 e. The monoisotopic (exact) mass is 375 g/mol. The Morgan fingerprint density at radius 1 is 1.04 bits per heavy atom. The van der Waals surface area contributed by atoms with Crippen molar-refractivity contribution in [1.29, 1.82) is 0 Å². The fourth-order valence-corrected chi connectivity index (χ4v) is 3.65. The van der Waals surface area contributed by atoms with E-state index in [0.29, 0.717) is 5.56 Å². The van der Waals surface area contributed by atoms with Crippen LogP contribution in [0.1, 0.15) is 10.4 Å². The summed E-state index contributed by atoms with van der Waals surface area (Å²) < 4.78 is 5.27. The van der Waals surface area contributed by atoms with Crippen molar-refractivity contribution in [2.75, 3.05) is 7.11 Å². The number of hydrogen-bond acceptors (Lipinski definition) is 4. The molecule has 0 aliphatic heterocycles. The van der Waals surface area contributed by atoms with Crippen molar-refractivity contribution in [3.05, 3.63) is 72.3 Å². The van der Waals surface area contributed by atoms with Crippen molar-refractivity contribution in [2.24, 2.45) is 5.73 Å². The number of nitrogens with zero attached hydrogens (tertiary/aromatic N) is 1. The van der Waals surface area contributed by atoms with Gasteiger partial charge in [0.1, 0.15) is 11.6 Å². The van der Waals surface area contributed by atoms with E-state index in [4.69, 9.17) is 10.5 Å². The van der Waals surface area contributed by atoms with Crippen LogP contribution in [-0.4, -0.2) is 23.0 Å². The lowest BCUT2D eigenvalue weighted by atomic mass is 10.2. The molecule has 3 aromatic carbocycles. The maximum Gasteiger partial charge on any atom is 0.248 e. The summed E-state index contributed by atoms with van der Waals surface area (Å²) in [6.07, 6.45) is 0. The Balaban J connectivity index is 1.58. The second-order valence-electron chi connectivity index (χ2n) is 5.99. The summed E-state index contributed by atoms with van der Waals surface area (Å²) in [6.45, 7) is 0. The highest BCUT2D eigenvalue weighted by Crippen LogP contribution is 2.31. The molecule has 1 amide bonds. The van der Waals surface area contributed by atoms with Crippen molar-refractivity contribution in [2.45, 2.75) is 9.79 Å². The van der Waals surface area contributed by atoms with Crippen LogP contribution in [0.15, 0.2) is 76.5 Å². The number of primary amides is 1. The quantitative estimate of drug-likeness (QED) is 0.538. The number of aromatic nitrogens is 2. The zero-order valence-corrected chi connectivity index (χ0v) is 15.4. The first-order valence-corrected chi connectivity index (χ1v) is 9.16. The molecule has 3 N–H and O–H groups in total. The average Bonchev–Trinajstić information content (AvgIpc) is 3.12. The third kappa shape index (κ3) is 3.66. The fourth-order valence-electron chi connectivity index (χ4n) is 2.78. The Labute approximate surface area is 160 Å². The Morgan fingerprint density at radius 2 is 1.85 bits per heavy atom. The lowest BCUT2D eigenvalue weighted by Gasteiger charge is -2.05. The highest BCUT2D eigenvalue weighted by Gasteiger charge is 2.08. The van der Waals surface area contributed by atoms with Gasteiger partial charge in [-0.15, -0.1) is 0 Å². The molecule has 4 rings (SSSR count). The number of benzene rings is 3. The number of nitrogens with one attached hydrogen (secondary N) is 1. The number of amides is 1. The molecular weight excluding hydrogens is 358 g/mol. The van der Waals surface area contributed by atoms with Crippen LogP contribution >= 0.6 is 11.8 Å². The number of nitrogens with two attached hydrogens (primary N) is 1. The summed E-state index contributed by atoms with van der Waals surface area (Å²) >= 11 is 1.67. The summed E-state index contributed by atoms with van der Waals surface area (Å²) in [7, 11) is 1.66. The first-order chi connectivity index (χ1) is 13.1. The molecule has 27 heavy (non-hydrogen) atoms. The van der Waals surface area contributed by atoms with E-state index < -0.39 is 5.91 Å². The van der Waals surface area contributed by atoms with Gasteiger partial charge in [0, 0.05) is 20.9 Å². The fraction of sp³-hybridized carbons (Fsp3) is 0.0476. The van der Waals surface area contributed by atoms with Crippen molar-refractivity contribution in [3.63, 3.8) is 0 Å². The maximum absolute atomic E-state index is 11.3. The molecule has 0 atom stereocenters. The van der Waals surface area contributed by atoms with E-state index in [0.717, 1.165) is 38.0 Å². The van der Waals surface area contributed by atoms with Crippen LogP contribution in [0.2, 0.25) is 0 Å². The van der Waals surface area contributed by atoms with Crippen LogP contribution in [0.3, 0.4) is 0 Å². The normalized spacial score (nSPS) is 10.9. The molecular formula is C21H17N3O2S. The van der Waals surface area contributed by atoms with E-state index in [9.17, 15) is 4.79 Å². The van der Waals surface area contributed by atoms with Crippen molar-refractivity contribution < 1.29 is 9.53 Å². The van der Waals surface area contributed by atoms with Crippen molar-refractivity contribution >= 4 is 28.7 Å². The molecule has 1 aromatic heterocycles. The van der Waals surface area contributed by atoms with Gasteiger partial charge in [-0.2, -0.15) is 0 Å². The number of methoxy groups -OCH3 is 1. The smallest absolute Gasteiger partial charge is 0.248 e. The van der Waals surface area contributed by atoms with Gasteiger partial charge >= 0.3 is 0 Å². The summed E-state index contributed by atoms with van der Waals surface area (Å²) in [5.41, 5.74) is 8.36. The molecule has 0 spiro atoms. The van der Waals surface area contributed by atoms with Gasteiger partial charge in [-0.05, 0) is 48.5 Å². The van der Waals surface area contributed by atoms with E-state index in [1.54, 1.807) is 37.1 Å². The number of rotatable bonds is 5. The average molecular weight is 375 g/mol. The SMILES string of the molecule is COc1cccc(Sc2ccc(-c3nc4ccc(C(N)=O)cc4[nH]3)cc2)c1. The Morgan fingerprint density at radius 3 is 2.59 bits per heavy atom. The minimum Gasteiger partial charge on any atom is -0.497 e. The van der Waals surface area contributed by atoms with Gasteiger partial charge in [0.15, 0.2) is 0 Å². The van der Waals surface area contributed by atoms with Gasteiger partial charge in [0.25, 0.3) is 0 Å². The van der Waals surface area contributed by atoms with Gasteiger partial charge in [0.05, 0.1) is 18.1 Å². The maximum atomic E-state index is 11.3. The second kappa shape index (κ2) is 7.17. The third-order valence-electron chi connectivity index (χ3n) is 4.17. The molecule has 0 saturated heterocycles. The minimum atomic E-state index is -0.452. The summed E-state index contributed by atoms with van der Waals surface area (Å²) in [4.78, 5) is 21.4. The Bertz CT molecular complexity index is 1120. The van der Waals surface area contributed by atoms with E-state index >= 15 is 0 Å². The number of fused-ring (bicyclic) bond motifs is 1. The van der Waals surface area contributed by atoms with Crippen molar-refractivity contribution in [1.82, 2.24) is 9.97 Å². The van der Waals surface area contributed by atoms with E-state index in [-0.39, 0.29) is 0 Å². The molecule has 0 fully saturated rings. The molecule has 0 bridgehead atoms. The Hall–Kier alpha value is -3.25. The molecule has 5 nitrogen and oxygen atoms in total. The second-order valence-corrected chi connectivity index (χ2v) is 7.13. The molecule has 0 radical (unpaired) electrons. The zero-order chi connectivity index (χ0) is 18.8. The Kier molecular flexibility index (Phi) is 4.56. The molecule has 134 valence electrons. The lowest BCUT2D eigenvalue weighted by Crippen LogP contribution is -2.10. The molecule has 0 saturated carbocycles. The standard InChI is InChI=1S/C21H17N3O2S/c1-26-15-3-2-4-17(12-15)27-16-8-5-13(6-9-16)21-23-18-10-7-14(20(22)25)11-19(18)24-21/h2-12H,1H3,(H2,22,25)(H,23,24). The highest BCUT2D eigenvalue weighted by molar-refractivity contribution is 7.99. The van der Waals surface area contributed by atoms with Gasteiger partial charge in [-0.3, -0.25) is 4.79 Å². The van der Waals surface area contributed by atoms with Crippen LogP contribution in [0.5, 0.6) is 5.75 Å². The zero-order valence-electron chi connectivity index (χ0n) is 14.6. The highest BCUT2D eigenvalue weighted by atomic mass is 32.2. The lowest BCUT2D eigenvalue weighted by molar-refractivity contribution is 0.100. The molecule has 0 aliphatic carbocycles. The molecule has 4 aromatic rings. The number of aromatic amines is 1. The topological polar surface area (TPSA) is 81.0 Å². The van der Waals surface area contributed by atoms with Gasteiger partial charge in [-0.1, -0.05) is 30.0 Å². The number of carbonyl (C=O) groups is 1. The van der Waals surface area contributed by atoms with E-state index in [2.05, 4.69) is 28.2 Å². The molecule has 0 unspecified atom stereocenters. The molecule has 0 aliphatic rings. The van der Waals surface area contributed by atoms with Gasteiger partial charge in [0.2, 0.25) is 5.91 Å². The predicted molar refractivity (Wildman–Crippen MR) is 107 cm³/mol. The van der Waals surface area contributed by atoms with E-state index in [1.807, 2.05) is 30.3 Å². The number of ether oxygens (including phenoxy) is 1. The number of carbonyl (C=O) groups excluding carboxylic acids is 1. The van der Waals surface area contributed by atoms with Crippen LogP contribution in [-0.2, 0) is 0 Å². The van der Waals surface area contributed by atoms with Crippen LogP contribution < -0.4 is 10.5 Å². The van der Waals surface area contributed by atoms with Crippen LogP contribution in [0.25, 0.3) is 22.4 Å². The van der Waals surface area contributed by atoms with Crippen LogP contribution in [0, 0.1) is 0 Å². The molecule has 6 heteroatoms. The molecule has 1 heterocycles. The summed E-state index contributed by atoms with van der Waals surface area (Å²) in [5, 5.41) is 0. The van der Waals surface area contributed by atoms with Gasteiger partial charge < -0.3 is 15.5 Å². The summed E-state index contributed by atoms with van der Waals surface area (Å²) in [5.74, 6) is 1.14. The number of hydrogen-bond donors (Lipinski definition) is 2. The van der Waals surface area contributed by atoms with Crippen molar-refractivity contribution in [3.8, 4) is 17.1 Å². The number of imidazole rings is 1. The first-order valence-electron chi connectivity index (χ1n) is 8.34. The number of H-pyrrole nitrogens is 1. The van der Waals surface area contributed by atoms with Gasteiger partial charge in [-0.25, -0.2) is 4.98 Å². The van der Waals surface area contributed by atoms with Crippen LogP contribution in [0.4, 0.5) is 0 Å².